The first-order valence-electron chi connectivity index (χ1n) is 5.08. The van der Waals surface area contributed by atoms with Gasteiger partial charge >= 0.3 is 0 Å². The first kappa shape index (κ1) is 11.4. The maximum absolute atomic E-state index is 5.98. The minimum Gasteiger partial charge on any atom is -0.376 e. The van der Waals surface area contributed by atoms with Crippen LogP contribution in [-0.2, 0) is 4.74 Å². The summed E-state index contributed by atoms with van der Waals surface area (Å²) in [5.74, 6) is 6.14. The van der Waals surface area contributed by atoms with E-state index in [-0.39, 0.29) is 12.1 Å². The lowest BCUT2D eigenvalue weighted by Crippen LogP contribution is -2.27. The number of nitrogens with two attached hydrogens (primary N) is 1. The van der Waals surface area contributed by atoms with Crippen molar-refractivity contribution in [1.82, 2.24) is 9.97 Å². The summed E-state index contributed by atoms with van der Waals surface area (Å²) < 4.78 is 5.44. The van der Waals surface area contributed by atoms with Crippen LogP contribution in [0.4, 0.5) is 11.8 Å². The predicted octanol–water partition coefficient (Wildman–Crippen LogP) is 1.00. The third kappa shape index (κ3) is 2.34. The van der Waals surface area contributed by atoms with Crippen LogP contribution in [0.2, 0.25) is 5.02 Å². The van der Waals surface area contributed by atoms with Gasteiger partial charge in [0.2, 0.25) is 5.95 Å². The van der Waals surface area contributed by atoms with E-state index in [4.69, 9.17) is 22.2 Å². The number of ether oxygens (including phenoxy) is 1. The number of nitrogen functional groups attached to an aromatic ring is 1. The molecule has 1 aliphatic heterocycles. The molecule has 1 aliphatic rings. The zero-order valence-electron chi connectivity index (χ0n) is 8.90. The Hall–Kier alpha value is -1.11. The average Bonchev–Trinajstić information content (AvgIpc) is 2.68. The van der Waals surface area contributed by atoms with E-state index in [2.05, 4.69) is 20.7 Å². The van der Waals surface area contributed by atoms with Crippen LogP contribution < -0.4 is 16.6 Å². The standard InChI is InChI=1S/C9H14ClN5O/c1-5-7(2-3-16-5)13-8-6(10)4-12-9(14-8)15-11/h4-5,7H,2-3,11H2,1H3,(H2,12,13,14,15). The molecule has 2 heterocycles. The van der Waals surface area contributed by atoms with Crippen LogP contribution >= 0.6 is 11.6 Å². The molecule has 0 aliphatic carbocycles. The predicted molar refractivity (Wildman–Crippen MR) is 62.3 cm³/mol. The smallest absolute Gasteiger partial charge is 0.239 e. The van der Waals surface area contributed by atoms with Gasteiger partial charge < -0.3 is 10.1 Å². The third-order valence-corrected chi connectivity index (χ3v) is 2.85. The van der Waals surface area contributed by atoms with Gasteiger partial charge in [-0.2, -0.15) is 4.98 Å². The Morgan fingerprint density at radius 2 is 2.44 bits per heavy atom. The molecule has 2 atom stereocenters. The average molecular weight is 244 g/mol. The van der Waals surface area contributed by atoms with Crippen LogP contribution in [0.1, 0.15) is 13.3 Å². The summed E-state index contributed by atoms with van der Waals surface area (Å²) in [5, 5.41) is 3.70. The molecule has 0 amide bonds. The molecule has 0 spiro atoms. The zero-order chi connectivity index (χ0) is 11.5. The van der Waals surface area contributed by atoms with Gasteiger partial charge in [-0.3, -0.25) is 5.43 Å². The van der Waals surface area contributed by atoms with Gasteiger partial charge in [0, 0.05) is 6.61 Å². The van der Waals surface area contributed by atoms with E-state index in [0.717, 1.165) is 13.0 Å². The van der Waals surface area contributed by atoms with Gasteiger partial charge in [-0.15, -0.1) is 0 Å². The first-order valence-corrected chi connectivity index (χ1v) is 5.46. The molecule has 1 saturated heterocycles. The molecule has 1 aromatic rings. The van der Waals surface area contributed by atoms with E-state index in [1.165, 1.54) is 6.20 Å². The van der Waals surface area contributed by atoms with E-state index in [1.807, 2.05) is 6.92 Å². The second-order valence-electron chi connectivity index (χ2n) is 3.65. The fourth-order valence-electron chi connectivity index (χ4n) is 1.63. The van der Waals surface area contributed by atoms with Gasteiger partial charge in [-0.25, -0.2) is 10.8 Å². The molecule has 2 rings (SSSR count). The van der Waals surface area contributed by atoms with E-state index in [0.29, 0.717) is 16.8 Å². The number of nitrogens with zero attached hydrogens (tertiary/aromatic N) is 2. The summed E-state index contributed by atoms with van der Waals surface area (Å²) in [6.07, 6.45) is 2.60. The number of rotatable bonds is 3. The number of hydrogen-bond acceptors (Lipinski definition) is 6. The Bertz CT molecular complexity index is 375. The quantitative estimate of drug-likeness (QED) is 0.543. The van der Waals surface area contributed by atoms with Crippen LogP contribution in [0.15, 0.2) is 6.20 Å². The van der Waals surface area contributed by atoms with Crippen molar-refractivity contribution in [1.29, 1.82) is 0 Å². The minimum atomic E-state index is 0.153. The number of anilines is 2. The van der Waals surface area contributed by atoms with Crippen molar-refractivity contribution in [3.63, 3.8) is 0 Å². The molecule has 7 heteroatoms. The number of aromatic nitrogens is 2. The largest absolute Gasteiger partial charge is 0.376 e. The lowest BCUT2D eigenvalue weighted by Gasteiger charge is -2.17. The summed E-state index contributed by atoms with van der Waals surface area (Å²) >= 11 is 5.98. The van der Waals surface area contributed by atoms with E-state index in [1.54, 1.807) is 0 Å². The Balaban J connectivity index is 2.13. The summed E-state index contributed by atoms with van der Waals surface area (Å²) in [7, 11) is 0. The molecule has 0 radical (unpaired) electrons. The van der Waals surface area contributed by atoms with Crippen molar-refractivity contribution < 1.29 is 4.74 Å². The molecular formula is C9H14ClN5O. The number of halogens is 1. The van der Waals surface area contributed by atoms with Crippen LogP contribution in [0, 0.1) is 0 Å². The molecule has 88 valence electrons. The van der Waals surface area contributed by atoms with Crippen LogP contribution in [0.3, 0.4) is 0 Å². The van der Waals surface area contributed by atoms with Crippen molar-refractivity contribution in [2.45, 2.75) is 25.5 Å². The minimum absolute atomic E-state index is 0.153. The lowest BCUT2D eigenvalue weighted by molar-refractivity contribution is 0.121. The van der Waals surface area contributed by atoms with Gasteiger partial charge in [0.05, 0.1) is 18.3 Å². The second-order valence-corrected chi connectivity index (χ2v) is 4.06. The summed E-state index contributed by atoms with van der Waals surface area (Å²) in [5.41, 5.74) is 2.38. The summed E-state index contributed by atoms with van der Waals surface area (Å²) in [6, 6.07) is 0.220. The van der Waals surface area contributed by atoms with Crippen molar-refractivity contribution in [2.24, 2.45) is 5.84 Å². The highest BCUT2D eigenvalue weighted by atomic mass is 35.5. The maximum atomic E-state index is 5.98. The Kier molecular flexibility index (Phi) is 3.42. The van der Waals surface area contributed by atoms with Gasteiger partial charge in [0.1, 0.15) is 5.02 Å². The van der Waals surface area contributed by atoms with Gasteiger partial charge in [0.25, 0.3) is 0 Å². The van der Waals surface area contributed by atoms with Crippen molar-refractivity contribution in [3.05, 3.63) is 11.2 Å². The van der Waals surface area contributed by atoms with Crippen molar-refractivity contribution in [2.75, 3.05) is 17.3 Å². The molecule has 0 aromatic carbocycles. The molecule has 1 aromatic heterocycles. The van der Waals surface area contributed by atoms with Crippen LogP contribution in [-0.4, -0.2) is 28.7 Å². The fraction of sp³-hybridized carbons (Fsp3) is 0.556. The summed E-state index contributed by atoms with van der Waals surface area (Å²) in [4.78, 5) is 8.04. The number of nitrogens with one attached hydrogen (secondary N) is 2. The van der Waals surface area contributed by atoms with E-state index >= 15 is 0 Å². The molecule has 16 heavy (non-hydrogen) atoms. The van der Waals surface area contributed by atoms with E-state index < -0.39 is 0 Å². The number of hydrazine groups is 1. The van der Waals surface area contributed by atoms with Gasteiger partial charge in [-0.05, 0) is 13.3 Å². The number of hydrogen-bond donors (Lipinski definition) is 3. The Morgan fingerprint density at radius 3 is 3.06 bits per heavy atom. The van der Waals surface area contributed by atoms with Gasteiger partial charge in [-0.1, -0.05) is 11.6 Å². The Labute approximate surface area is 98.5 Å². The lowest BCUT2D eigenvalue weighted by atomic mass is 10.1. The molecule has 0 saturated carbocycles. The molecular weight excluding hydrogens is 230 g/mol. The fourth-order valence-corrected chi connectivity index (χ4v) is 1.78. The Morgan fingerprint density at radius 1 is 1.62 bits per heavy atom. The topological polar surface area (TPSA) is 85.1 Å². The highest BCUT2D eigenvalue weighted by molar-refractivity contribution is 6.32. The molecule has 2 unspecified atom stereocenters. The first-order chi connectivity index (χ1) is 7.70. The molecule has 1 fully saturated rings. The van der Waals surface area contributed by atoms with E-state index in [9.17, 15) is 0 Å². The van der Waals surface area contributed by atoms with Crippen molar-refractivity contribution in [3.8, 4) is 0 Å². The zero-order valence-corrected chi connectivity index (χ0v) is 9.66. The molecule has 4 N–H and O–H groups in total. The second kappa shape index (κ2) is 4.82. The van der Waals surface area contributed by atoms with Crippen LogP contribution in [0.25, 0.3) is 0 Å². The van der Waals surface area contributed by atoms with Crippen molar-refractivity contribution >= 4 is 23.4 Å². The molecule has 6 nitrogen and oxygen atoms in total. The third-order valence-electron chi connectivity index (χ3n) is 2.57. The van der Waals surface area contributed by atoms with Gasteiger partial charge in [0.15, 0.2) is 5.82 Å². The van der Waals surface area contributed by atoms with Crippen LogP contribution in [0.5, 0.6) is 0 Å². The SMILES string of the molecule is CC1OCCC1Nc1nc(NN)ncc1Cl. The summed E-state index contributed by atoms with van der Waals surface area (Å²) in [6.45, 7) is 2.77. The highest BCUT2D eigenvalue weighted by Crippen LogP contribution is 2.23. The normalized spacial score (nSPS) is 24.4. The monoisotopic (exact) mass is 243 g/mol. The highest BCUT2D eigenvalue weighted by Gasteiger charge is 2.25. The molecule has 0 bridgehead atoms. The maximum Gasteiger partial charge on any atom is 0.239 e.